The summed E-state index contributed by atoms with van der Waals surface area (Å²) in [5.41, 5.74) is 6.03. The van der Waals surface area contributed by atoms with Crippen LogP contribution in [0.25, 0.3) is 33.3 Å². The lowest BCUT2D eigenvalue weighted by Gasteiger charge is -2.30. The van der Waals surface area contributed by atoms with E-state index in [9.17, 15) is 10.1 Å². The number of hydrogen-bond donors (Lipinski definition) is 0. The molecule has 8 nitrogen and oxygen atoms in total. The van der Waals surface area contributed by atoms with Crippen molar-refractivity contribution in [3.05, 3.63) is 89.1 Å². The number of hydrogen-bond acceptors (Lipinski definition) is 6. The molecule has 224 valence electrons. The Morgan fingerprint density at radius 3 is 2.64 bits per heavy atom. The maximum atomic E-state index is 15.4. The summed E-state index contributed by atoms with van der Waals surface area (Å²) in [6.45, 7) is 4.97. The van der Waals surface area contributed by atoms with Crippen LogP contribution < -0.4 is 4.90 Å². The van der Waals surface area contributed by atoms with Crippen molar-refractivity contribution in [2.24, 2.45) is 13.0 Å². The highest BCUT2D eigenvalue weighted by Gasteiger charge is 2.35. The highest BCUT2D eigenvalue weighted by Crippen LogP contribution is 2.46. The van der Waals surface area contributed by atoms with Gasteiger partial charge in [-0.05, 0) is 103 Å². The van der Waals surface area contributed by atoms with Crippen molar-refractivity contribution in [1.29, 1.82) is 5.26 Å². The van der Waals surface area contributed by atoms with Crippen molar-refractivity contribution in [2.45, 2.75) is 45.1 Å². The van der Waals surface area contributed by atoms with Crippen LogP contribution in [0.3, 0.4) is 0 Å². The second kappa shape index (κ2) is 10.6. The Balaban J connectivity index is 1.25. The monoisotopic (exact) mass is 597 g/mol. The lowest BCUT2D eigenvalue weighted by atomic mass is 9.96. The standard InChI is InChI=1S/C36H32FN7O/c1-21-4-3-11-43(18-21)19-23-13-28-30(37)9-10-32-34(28)29(14-23)36(45)44(32)33-16-25(15-31(40-33)24-6-7-24)26-8-5-22(17-38)12-27(26)35-41-39-20-42(35)2/h5,8-10,12-16,20-21,24H,3-4,6-7,11,18-19H2,1-2H3/t21-/m0/s1. The van der Waals surface area contributed by atoms with Crippen LogP contribution in [-0.4, -0.2) is 43.6 Å². The number of carbonyl (C=O) groups excluding carboxylic acids is 1. The number of rotatable bonds is 6. The normalized spacial score (nSPS) is 18.1. The van der Waals surface area contributed by atoms with E-state index in [1.165, 1.54) is 12.5 Å². The molecule has 3 aromatic carbocycles. The molecule has 4 heterocycles. The summed E-state index contributed by atoms with van der Waals surface area (Å²) < 4.78 is 17.2. The molecule has 1 amide bonds. The van der Waals surface area contributed by atoms with E-state index < -0.39 is 0 Å². The van der Waals surface area contributed by atoms with Crippen molar-refractivity contribution in [3.63, 3.8) is 0 Å². The Hall–Kier alpha value is -4.94. The molecule has 5 aromatic rings. The van der Waals surface area contributed by atoms with Gasteiger partial charge >= 0.3 is 0 Å². The number of nitrogens with zero attached hydrogens (tertiary/aromatic N) is 7. The molecular weight excluding hydrogens is 565 g/mol. The fourth-order valence-electron chi connectivity index (χ4n) is 7.06. The number of likely N-dealkylation sites (tertiary alicyclic amines) is 1. The fourth-order valence-corrected chi connectivity index (χ4v) is 7.06. The van der Waals surface area contributed by atoms with Crippen LogP contribution in [-0.2, 0) is 13.6 Å². The van der Waals surface area contributed by atoms with E-state index in [4.69, 9.17) is 4.98 Å². The molecule has 0 radical (unpaired) electrons. The third-order valence-corrected chi connectivity index (χ3v) is 9.39. The predicted molar refractivity (Wildman–Crippen MR) is 170 cm³/mol. The van der Waals surface area contributed by atoms with Gasteiger partial charge in [0.2, 0.25) is 0 Å². The average molecular weight is 598 g/mol. The third-order valence-electron chi connectivity index (χ3n) is 9.39. The molecule has 0 N–H and O–H groups in total. The number of pyridine rings is 1. The highest BCUT2D eigenvalue weighted by atomic mass is 19.1. The molecule has 1 saturated carbocycles. The van der Waals surface area contributed by atoms with Crippen molar-refractivity contribution in [3.8, 4) is 28.6 Å². The van der Waals surface area contributed by atoms with Crippen LogP contribution in [0.5, 0.6) is 0 Å². The van der Waals surface area contributed by atoms with Crippen LogP contribution in [0.1, 0.15) is 65.7 Å². The molecule has 8 rings (SSSR count). The van der Waals surface area contributed by atoms with Gasteiger partial charge in [0.15, 0.2) is 5.82 Å². The van der Waals surface area contributed by atoms with Gasteiger partial charge in [0.1, 0.15) is 18.0 Å². The Bertz CT molecular complexity index is 2060. The summed E-state index contributed by atoms with van der Waals surface area (Å²) in [6, 6.07) is 18.8. The molecule has 45 heavy (non-hydrogen) atoms. The van der Waals surface area contributed by atoms with E-state index >= 15 is 4.39 Å². The first kappa shape index (κ1) is 27.6. The minimum Gasteiger partial charge on any atom is -0.317 e. The summed E-state index contributed by atoms with van der Waals surface area (Å²) in [7, 11) is 1.87. The van der Waals surface area contributed by atoms with Gasteiger partial charge in [0.05, 0.1) is 22.9 Å². The number of carbonyl (C=O) groups is 1. The SMILES string of the molecule is C[C@H]1CCCN(Cc2cc3c4c(ccc(F)c4c2)N(c2cc(-c4ccc(C#N)cc4-c4nncn4C)cc(C4CC4)n2)C3=O)C1. The highest BCUT2D eigenvalue weighted by molar-refractivity contribution is 6.27. The lowest BCUT2D eigenvalue weighted by Crippen LogP contribution is -2.33. The van der Waals surface area contributed by atoms with Gasteiger partial charge in [-0.1, -0.05) is 13.0 Å². The molecule has 2 aromatic heterocycles. The maximum Gasteiger partial charge on any atom is 0.264 e. The first-order chi connectivity index (χ1) is 21.9. The van der Waals surface area contributed by atoms with Gasteiger partial charge in [-0.2, -0.15) is 5.26 Å². The average Bonchev–Trinajstić information content (AvgIpc) is 3.75. The van der Waals surface area contributed by atoms with E-state index in [-0.39, 0.29) is 11.7 Å². The summed E-state index contributed by atoms with van der Waals surface area (Å²) in [5, 5.41) is 19.2. The Morgan fingerprint density at radius 1 is 1.02 bits per heavy atom. The lowest BCUT2D eigenvalue weighted by molar-refractivity contribution is 0.100. The molecule has 3 aliphatic rings. The maximum absolute atomic E-state index is 15.4. The first-order valence-corrected chi connectivity index (χ1v) is 15.6. The van der Waals surface area contributed by atoms with Gasteiger partial charge in [-0.25, -0.2) is 9.37 Å². The summed E-state index contributed by atoms with van der Waals surface area (Å²) >= 11 is 0. The molecular formula is C36H32FN7O. The summed E-state index contributed by atoms with van der Waals surface area (Å²) in [5.74, 6) is 1.54. The van der Waals surface area contributed by atoms with Crippen LogP contribution >= 0.6 is 0 Å². The zero-order chi connectivity index (χ0) is 30.8. The molecule has 1 saturated heterocycles. The van der Waals surface area contributed by atoms with Crippen LogP contribution in [0.4, 0.5) is 15.9 Å². The van der Waals surface area contributed by atoms with E-state index in [0.717, 1.165) is 60.3 Å². The van der Waals surface area contributed by atoms with E-state index in [2.05, 4.69) is 34.2 Å². The second-order valence-corrected chi connectivity index (χ2v) is 12.8. The van der Waals surface area contributed by atoms with Crippen molar-refractivity contribution < 1.29 is 9.18 Å². The van der Waals surface area contributed by atoms with E-state index in [1.54, 1.807) is 23.4 Å². The Morgan fingerprint density at radius 2 is 1.89 bits per heavy atom. The minimum atomic E-state index is -0.329. The predicted octanol–water partition coefficient (Wildman–Crippen LogP) is 7.11. The topological polar surface area (TPSA) is 90.9 Å². The quantitative estimate of drug-likeness (QED) is 0.207. The Labute approximate surface area is 260 Å². The van der Waals surface area contributed by atoms with Crippen LogP contribution in [0.2, 0.25) is 0 Å². The first-order valence-electron chi connectivity index (χ1n) is 15.6. The number of aryl methyl sites for hydroxylation is 1. The van der Waals surface area contributed by atoms with Crippen LogP contribution in [0, 0.1) is 23.1 Å². The molecule has 0 bridgehead atoms. The summed E-state index contributed by atoms with van der Waals surface area (Å²) in [4.78, 5) is 23.4. The molecule has 1 atom stereocenters. The molecule has 1 aliphatic carbocycles. The van der Waals surface area contributed by atoms with E-state index in [1.807, 2.05) is 41.9 Å². The second-order valence-electron chi connectivity index (χ2n) is 12.8. The summed E-state index contributed by atoms with van der Waals surface area (Å²) in [6.07, 6.45) is 6.07. The van der Waals surface area contributed by atoms with Gasteiger partial charge in [0.25, 0.3) is 5.91 Å². The third kappa shape index (κ3) is 4.77. The van der Waals surface area contributed by atoms with E-state index in [0.29, 0.717) is 57.6 Å². The molecule has 2 aliphatic heterocycles. The molecule has 0 unspecified atom stereocenters. The number of anilines is 2. The zero-order valence-corrected chi connectivity index (χ0v) is 25.3. The number of amides is 1. The molecule has 0 spiro atoms. The van der Waals surface area contributed by atoms with Crippen molar-refractivity contribution >= 4 is 28.2 Å². The minimum absolute atomic E-state index is 0.200. The zero-order valence-electron chi connectivity index (χ0n) is 25.3. The largest absolute Gasteiger partial charge is 0.317 e. The van der Waals surface area contributed by atoms with Gasteiger partial charge in [-0.15, -0.1) is 10.2 Å². The smallest absolute Gasteiger partial charge is 0.264 e. The van der Waals surface area contributed by atoms with Gasteiger partial charge < -0.3 is 4.57 Å². The Kier molecular flexibility index (Phi) is 6.50. The van der Waals surface area contributed by atoms with Gasteiger partial charge in [-0.3, -0.25) is 14.6 Å². The molecule has 9 heteroatoms. The molecule has 2 fully saturated rings. The van der Waals surface area contributed by atoms with Crippen molar-refractivity contribution in [1.82, 2.24) is 24.6 Å². The number of aromatic nitrogens is 4. The number of piperidine rings is 1. The van der Waals surface area contributed by atoms with Gasteiger partial charge in [0, 0.05) is 48.1 Å². The van der Waals surface area contributed by atoms with Crippen molar-refractivity contribution in [2.75, 3.05) is 18.0 Å². The number of benzene rings is 3. The van der Waals surface area contributed by atoms with Crippen LogP contribution in [0.15, 0.2) is 60.9 Å². The number of halogens is 1. The fraction of sp³-hybridized carbons (Fsp3) is 0.306. The number of nitriles is 1.